The minimum Gasteiger partial charge on any atom is -0.493 e. The molecule has 4 rings (SSSR count). The van der Waals surface area contributed by atoms with Gasteiger partial charge in [0.05, 0.1) is 19.9 Å². The number of hydrogen-bond acceptors (Lipinski definition) is 5. The highest BCUT2D eigenvalue weighted by Gasteiger charge is 2.36. The number of hydrogen-bond donors (Lipinski definition) is 0. The lowest BCUT2D eigenvalue weighted by molar-refractivity contribution is -0.142. The van der Waals surface area contributed by atoms with Crippen LogP contribution in [-0.4, -0.2) is 52.7 Å². The number of rotatable bonds is 4. The zero-order valence-corrected chi connectivity index (χ0v) is 17.9. The summed E-state index contributed by atoms with van der Waals surface area (Å²) in [4.78, 5) is 19.2. The Balaban J connectivity index is 1.63. The maximum absolute atomic E-state index is 13.7. The molecule has 0 spiro atoms. The van der Waals surface area contributed by atoms with Gasteiger partial charge in [-0.25, -0.2) is 9.50 Å². The number of amides is 1. The number of carbonyl (C=O) groups excluding carboxylic acids is 1. The molecule has 1 atom stereocenters. The SMILES string of the molecule is COc1ccc(C(=O)N2CCCC(c3cc(C(F)(F)F)n4nc(C)cc4n3)C2)cc1OC. The molecular formula is C22H23F3N4O3. The lowest BCUT2D eigenvalue weighted by Crippen LogP contribution is -2.39. The van der Waals surface area contributed by atoms with E-state index in [-0.39, 0.29) is 24.0 Å². The Kier molecular flexibility index (Phi) is 5.70. The molecule has 0 saturated carbocycles. The molecule has 0 bridgehead atoms. The summed E-state index contributed by atoms with van der Waals surface area (Å²) in [5.74, 6) is 0.418. The molecule has 0 N–H and O–H groups in total. The number of likely N-dealkylation sites (tertiary alicyclic amines) is 1. The number of fused-ring (bicyclic) bond motifs is 1. The van der Waals surface area contributed by atoms with E-state index in [2.05, 4.69) is 10.1 Å². The van der Waals surface area contributed by atoms with Crippen LogP contribution in [0.1, 0.15) is 46.2 Å². The van der Waals surface area contributed by atoms with Crippen molar-refractivity contribution in [2.45, 2.75) is 31.9 Å². The molecule has 32 heavy (non-hydrogen) atoms. The fourth-order valence-electron chi connectivity index (χ4n) is 4.07. The number of halogens is 3. The van der Waals surface area contributed by atoms with E-state index in [1.807, 2.05) is 0 Å². The first-order chi connectivity index (χ1) is 15.2. The van der Waals surface area contributed by atoms with Gasteiger partial charge in [-0.15, -0.1) is 0 Å². The summed E-state index contributed by atoms with van der Waals surface area (Å²) in [6.07, 6.45) is -3.27. The molecule has 0 aliphatic carbocycles. The minimum atomic E-state index is -4.57. The molecule has 1 aliphatic heterocycles. The van der Waals surface area contributed by atoms with Crippen molar-refractivity contribution in [2.24, 2.45) is 0 Å². The zero-order valence-electron chi connectivity index (χ0n) is 17.9. The summed E-state index contributed by atoms with van der Waals surface area (Å²) in [6.45, 7) is 2.42. The number of aromatic nitrogens is 3. The van der Waals surface area contributed by atoms with Crippen molar-refractivity contribution in [2.75, 3.05) is 27.3 Å². The van der Waals surface area contributed by atoms with Crippen LogP contribution >= 0.6 is 0 Å². The Morgan fingerprint density at radius 3 is 2.56 bits per heavy atom. The van der Waals surface area contributed by atoms with E-state index in [1.54, 1.807) is 30.0 Å². The second-order valence-corrected chi connectivity index (χ2v) is 7.78. The van der Waals surface area contributed by atoms with Gasteiger partial charge in [-0.2, -0.15) is 18.3 Å². The van der Waals surface area contributed by atoms with E-state index in [1.165, 1.54) is 20.3 Å². The quantitative estimate of drug-likeness (QED) is 0.601. The number of nitrogens with zero attached hydrogens (tertiary/aromatic N) is 4. The molecule has 2 aromatic heterocycles. The van der Waals surface area contributed by atoms with Crippen molar-refractivity contribution >= 4 is 11.6 Å². The van der Waals surface area contributed by atoms with Gasteiger partial charge in [0, 0.05) is 36.3 Å². The molecule has 1 aliphatic rings. The van der Waals surface area contributed by atoms with Crippen LogP contribution in [0.5, 0.6) is 11.5 Å². The Hall–Kier alpha value is -3.30. The third-order valence-corrected chi connectivity index (χ3v) is 5.62. The molecule has 1 amide bonds. The highest BCUT2D eigenvalue weighted by molar-refractivity contribution is 5.95. The van der Waals surface area contributed by atoms with Gasteiger partial charge in [0.25, 0.3) is 5.91 Å². The minimum absolute atomic E-state index is 0.149. The summed E-state index contributed by atoms with van der Waals surface area (Å²) in [5.41, 5.74) is 0.474. The fraction of sp³-hybridized carbons (Fsp3) is 0.409. The molecule has 10 heteroatoms. The van der Waals surface area contributed by atoms with Crippen LogP contribution in [0.25, 0.3) is 5.65 Å². The Labute approximate surface area is 182 Å². The molecule has 1 aromatic carbocycles. The van der Waals surface area contributed by atoms with E-state index in [0.29, 0.717) is 47.8 Å². The first kappa shape index (κ1) is 21.9. The lowest BCUT2D eigenvalue weighted by Gasteiger charge is -2.33. The van der Waals surface area contributed by atoms with Crippen LogP contribution in [0.3, 0.4) is 0 Å². The van der Waals surface area contributed by atoms with Gasteiger partial charge < -0.3 is 14.4 Å². The summed E-state index contributed by atoms with van der Waals surface area (Å²) < 4.78 is 52.3. The monoisotopic (exact) mass is 448 g/mol. The summed E-state index contributed by atoms with van der Waals surface area (Å²) >= 11 is 0. The Bertz CT molecular complexity index is 1160. The number of carbonyl (C=O) groups is 1. The number of aryl methyl sites for hydroxylation is 1. The second kappa shape index (κ2) is 8.33. The van der Waals surface area contributed by atoms with Gasteiger partial charge in [0.1, 0.15) is 5.69 Å². The maximum atomic E-state index is 13.7. The molecule has 3 heterocycles. The van der Waals surface area contributed by atoms with Crippen molar-refractivity contribution in [3.8, 4) is 11.5 Å². The molecule has 3 aromatic rings. The first-order valence-corrected chi connectivity index (χ1v) is 10.2. The number of methoxy groups -OCH3 is 2. The summed E-state index contributed by atoms with van der Waals surface area (Å²) in [6, 6.07) is 7.48. The van der Waals surface area contributed by atoms with Crippen LogP contribution in [-0.2, 0) is 6.18 Å². The van der Waals surface area contributed by atoms with Crippen LogP contribution in [0.2, 0.25) is 0 Å². The smallest absolute Gasteiger partial charge is 0.433 e. The van der Waals surface area contributed by atoms with Gasteiger partial charge >= 0.3 is 6.18 Å². The van der Waals surface area contributed by atoms with Gasteiger partial charge in [-0.1, -0.05) is 0 Å². The van der Waals surface area contributed by atoms with Crippen LogP contribution < -0.4 is 9.47 Å². The first-order valence-electron chi connectivity index (χ1n) is 10.2. The molecule has 1 unspecified atom stereocenters. The number of piperidine rings is 1. The van der Waals surface area contributed by atoms with Gasteiger partial charge in [-0.05, 0) is 44.0 Å². The molecular weight excluding hydrogens is 425 g/mol. The number of ether oxygens (including phenoxy) is 2. The van der Waals surface area contributed by atoms with Crippen molar-refractivity contribution in [3.05, 3.63) is 53.0 Å². The average Bonchev–Trinajstić information content (AvgIpc) is 3.16. The van der Waals surface area contributed by atoms with Crippen LogP contribution in [0, 0.1) is 6.92 Å². The van der Waals surface area contributed by atoms with E-state index >= 15 is 0 Å². The standard InChI is InChI=1S/C22H23F3N4O3/c1-13-9-20-26-16(11-19(22(23,24)25)29(20)27-13)15-5-4-8-28(12-15)21(30)14-6-7-17(31-2)18(10-14)32-3/h6-7,9-11,15H,4-5,8,12H2,1-3H3. The lowest BCUT2D eigenvalue weighted by atomic mass is 9.93. The van der Waals surface area contributed by atoms with Crippen molar-refractivity contribution in [3.63, 3.8) is 0 Å². The highest BCUT2D eigenvalue weighted by atomic mass is 19.4. The topological polar surface area (TPSA) is 69.0 Å². The fourth-order valence-corrected chi connectivity index (χ4v) is 4.07. The average molecular weight is 448 g/mol. The summed E-state index contributed by atoms with van der Waals surface area (Å²) in [7, 11) is 3.00. The van der Waals surface area contributed by atoms with E-state index in [9.17, 15) is 18.0 Å². The van der Waals surface area contributed by atoms with E-state index in [0.717, 1.165) is 10.6 Å². The largest absolute Gasteiger partial charge is 0.493 e. The highest BCUT2D eigenvalue weighted by Crippen LogP contribution is 2.34. The molecule has 1 fully saturated rings. The van der Waals surface area contributed by atoms with Crippen molar-refractivity contribution < 1.29 is 27.4 Å². The molecule has 1 saturated heterocycles. The molecule has 0 radical (unpaired) electrons. The maximum Gasteiger partial charge on any atom is 0.433 e. The number of benzene rings is 1. The van der Waals surface area contributed by atoms with Crippen LogP contribution in [0.4, 0.5) is 13.2 Å². The predicted octanol–water partition coefficient (Wildman–Crippen LogP) is 4.09. The number of alkyl halides is 3. The van der Waals surface area contributed by atoms with Crippen LogP contribution in [0.15, 0.2) is 30.3 Å². The summed E-state index contributed by atoms with van der Waals surface area (Å²) in [5, 5.41) is 3.93. The molecule has 7 nitrogen and oxygen atoms in total. The van der Waals surface area contributed by atoms with E-state index < -0.39 is 11.9 Å². The Morgan fingerprint density at radius 1 is 1.12 bits per heavy atom. The van der Waals surface area contributed by atoms with Crippen molar-refractivity contribution in [1.82, 2.24) is 19.5 Å². The zero-order chi connectivity index (χ0) is 23.0. The third kappa shape index (κ3) is 4.09. The third-order valence-electron chi connectivity index (χ3n) is 5.62. The Morgan fingerprint density at radius 2 is 1.88 bits per heavy atom. The normalized spacial score (nSPS) is 16.9. The van der Waals surface area contributed by atoms with E-state index in [4.69, 9.17) is 9.47 Å². The van der Waals surface area contributed by atoms with Gasteiger partial charge in [-0.3, -0.25) is 4.79 Å². The molecule has 170 valence electrons. The van der Waals surface area contributed by atoms with Crippen molar-refractivity contribution in [1.29, 1.82) is 0 Å². The second-order valence-electron chi connectivity index (χ2n) is 7.78. The van der Waals surface area contributed by atoms with Gasteiger partial charge in [0.15, 0.2) is 17.1 Å². The van der Waals surface area contributed by atoms with Gasteiger partial charge in [0.2, 0.25) is 0 Å². The predicted molar refractivity (Wildman–Crippen MR) is 110 cm³/mol.